The molecule has 0 saturated carbocycles. The van der Waals surface area contributed by atoms with Gasteiger partial charge in [-0.15, -0.1) is 0 Å². The van der Waals surface area contributed by atoms with E-state index in [0.717, 1.165) is 24.5 Å². The fraction of sp³-hybridized carbons (Fsp3) is 0.500. The molecule has 1 rings (SSSR count). The minimum atomic E-state index is 0.0277. The fourth-order valence-electron chi connectivity index (χ4n) is 1.59. The van der Waals surface area contributed by atoms with E-state index in [1.54, 1.807) is 7.11 Å². The molecule has 0 aliphatic rings. The summed E-state index contributed by atoms with van der Waals surface area (Å²) in [6.07, 6.45) is 0.489. The van der Waals surface area contributed by atoms with E-state index in [4.69, 9.17) is 4.74 Å². The lowest BCUT2D eigenvalue weighted by Gasteiger charge is -2.13. The Bertz CT molecular complexity index is 380. The Kier molecular flexibility index (Phi) is 6.22. The molecule has 1 atom stereocenters. The third-order valence-corrected chi connectivity index (χ3v) is 2.57. The van der Waals surface area contributed by atoms with Crippen molar-refractivity contribution in [3.63, 3.8) is 0 Å². The summed E-state index contributed by atoms with van der Waals surface area (Å²) in [5.41, 5.74) is 1.83. The molecule has 0 aliphatic carbocycles. The van der Waals surface area contributed by atoms with Gasteiger partial charge in [-0.2, -0.15) is 0 Å². The second-order valence-electron chi connectivity index (χ2n) is 4.42. The van der Waals surface area contributed by atoms with E-state index in [9.17, 15) is 4.79 Å². The number of methoxy groups -OCH3 is 1. The molecule has 4 heteroatoms. The smallest absolute Gasteiger partial charge is 0.224 e. The number of anilines is 2. The van der Waals surface area contributed by atoms with Crippen molar-refractivity contribution in [1.29, 1.82) is 0 Å². The summed E-state index contributed by atoms with van der Waals surface area (Å²) in [5.74, 6) is 0.476. The highest BCUT2D eigenvalue weighted by Gasteiger charge is 2.03. The number of nitrogens with one attached hydrogen (secondary N) is 2. The van der Waals surface area contributed by atoms with E-state index in [-0.39, 0.29) is 5.91 Å². The predicted molar refractivity (Wildman–Crippen MR) is 74.9 cm³/mol. The molecule has 0 heterocycles. The molecule has 100 valence electrons. The van der Waals surface area contributed by atoms with Crippen LogP contribution in [0.4, 0.5) is 11.4 Å². The molecule has 0 aliphatic heterocycles. The van der Waals surface area contributed by atoms with Crippen LogP contribution in [0.25, 0.3) is 0 Å². The Morgan fingerprint density at radius 2 is 2.11 bits per heavy atom. The third-order valence-electron chi connectivity index (χ3n) is 2.57. The molecular weight excluding hydrogens is 228 g/mol. The highest BCUT2D eigenvalue weighted by molar-refractivity contribution is 5.90. The van der Waals surface area contributed by atoms with Crippen LogP contribution in [0.1, 0.15) is 20.3 Å². The van der Waals surface area contributed by atoms with Crippen LogP contribution in [0.2, 0.25) is 0 Å². The van der Waals surface area contributed by atoms with Crippen molar-refractivity contribution >= 4 is 17.3 Å². The van der Waals surface area contributed by atoms with E-state index in [1.807, 2.05) is 31.2 Å². The molecule has 0 spiro atoms. The summed E-state index contributed by atoms with van der Waals surface area (Å²) in [6.45, 7) is 5.54. The van der Waals surface area contributed by atoms with Crippen molar-refractivity contribution < 1.29 is 9.53 Å². The molecule has 18 heavy (non-hydrogen) atoms. The second kappa shape index (κ2) is 7.71. The van der Waals surface area contributed by atoms with Crippen LogP contribution in [-0.2, 0) is 9.53 Å². The minimum Gasteiger partial charge on any atom is -0.385 e. The van der Waals surface area contributed by atoms with Crippen LogP contribution in [0.3, 0.4) is 0 Å². The normalized spacial score (nSPS) is 11.9. The molecule has 0 aromatic heterocycles. The molecule has 0 radical (unpaired) electrons. The number of rotatable bonds is 7. The maximum absolute atomic E-state index is 11.3. The lowest BCUT2D eigenvalue weighted by atomic mass is 10.2. The summed E-state index contributed by atoms with van der Waals surface area (Å²) in [4.78, 5) is 11.3. The zero-order valence-electron chi connectivity index (χ0n) is 11.3. The first-order chi connectivity index (χ1) is 8.65. The van der Waals surface area contributed by atoms with Gasteiger partial charge in [-0.3, -0.25) is 4.79 Å². The number of hydrogen-bond donors (Lipinski definition) is 2. The van der Waals surface area contributed by atoms with Crippen molar-refractivity contribution in [2.24, 2.45) is 5.92 Å². The first-order valence-corrected chi connectivity index (χ1v) is 6.28. The van der Waals surface area contributed by atoms with Gasteiger partial charge < -0.3 is 15.4 Å². The molecule has 4 nitrogen and oxygen atoms in total. The zero-order chi connectivity index (χ0) is 13.4. The van der Waals surface area contributed by atoms with E-state index in [1.165, 1.54) is 0 Å². The molecule has 0 fully saturated rings. The molecule has 1 aromatic rings. The SMILES string of the molecule is CCC(=O)Nc1cccc(NCC(C)COC)c1. The van der Waals surface area contributed by atoms with Gasteiger partial charge in [-0.25, -0.2) is 0 Å². The summed E-state index contributed by atoms with van der Waals surface area (Å²) in [5, 5.41) is 6.17. The molecular formula is C14H22N2O2. The van der Waals surface area contributed by atoms with E-state index < -0.39 is 0 Å². The monoisotopic (exact) mass is 250 g/mol. The van der Waals surface area contributed by atoms with Crippen LogP contribution in [0, 0.1) is 5.92 Å². The summed E-state index contributed by atoms with van der Waals surface area (Å²) in [6, 6.07) is 7.74. The molecule has 0 bridgehead atoms. The minimum absolute atomic E-state index is 0.0277. The lowest BCUT2D eigenvalue weighted by molar-refractivity contribution is -0.115. The number of benzene rings is 1. The molecule has 1 unspecified atom stereocenters. The van der Waals surface area contributed by atoms with Crippen LogP contribution in [0.5, 0.6) is 0 Å². The summed E-state index contributed by atoms with van der Waals surface area (Å²) >= 11 is 0. The van der Waals surface area contributed by atoms with Gasteiger partial charge in [0.25, 0.3) is 0 Å². The first kappa shape index (κ1) is 14.5. The highest BCUT2D eigenvalue weighted by Crippen LogP contribution is 2.15. The largest absolute Gasteiger partial charge is 0.385 e. The number of amides is 1. The van der Waals surface area contributed by atoms with Crippen LogP contribution in [0.15, 0.2) is 24.3 Å². The van der Waals surface area contributed by atoms with Crippen molar-refractivity contribution in [2.75, 3.05) is 30.9 Å². The second-order valence-corrected chi connectivity index (χ2v) is 4.42. The van der Waals surface area contributed by atoms with Crippen molar-refractivity contribution in [2.45, 2.75) is 20.3 Å². The van der Waals surface area contributed by atoms with E-state index in [0.29, 0.717) is 12.3 Å². The summed E-state index contributed by atoms with van der Waals surface area (Å²) in [7, 11) is 1.71. The molecule has 2 N–H and O–H groups in total. The molecule has 0 saturated heterocycles. The van der Waals surface area contributed by atoms with Crippen molar-refractivity contribution in [3.8, 4) is 0 Å². The number of hydrogen-bond acceptors (Lipinski definition) is 3. The third kappa shape index (κ3) is 5.19. The Morgan fingerprint density at radius 1 is 1.39 bits per heavy atom. The van der Waals surface area contributed by atoms with Gasteiger partial charge in [0.1, 0.15) is 0 Å². The number of ether oxygens (including phenoxy) is 1. The number of carbonyl (C=O) groups excluding carboxylic acids is 1. The van der Waals surface area contributed by atoms with Gasteiger partial charge in [0.05, 0.1) is 6.61 Å². The zero-order valence-corrected chi connectivity index (χ0v) is 11.3. The predicted octanol–water partition coefficient (Wildman–Crippen LogP) is 2.73. The van der Waals surface area contributed by atoms with Gasteiger partial charge in [-0.05, 0) is 24.1 Å². The van der Waals surface area contributed by atoms with Gasteiger partial charge in [0.15, 0.2) is 0 Å². The van der Waals surface area contributed by atoms with Gasteiger partial charge >= 0.3 is 0 Å². The summed E-state index contributed by atoms with van der Waals surface area (Å²) < 4.78 is 5.09. The van der Waals surface area contributed by atoms with Crippen molar-refractivity contribution in [3.05, 3.63) is 24.3 Å². The Labute approximate surface area is 109 Å². The molecule has 1 amide bonds. The van der Waals surface area contributed by atoms with Gasteiger partial charge in [-0.1, -0.05) is 19.9 Å². The molecule has 1 aromatic carbocycles. The van der Waals surface area contributed by atoms with Gasteiger partial charge in [0.2, 0.25) is 5.91 Å². The quantitative estimate of drug-likeness (QED) is 0.782. The Hall–Kier alpha value is -1.55. The highest BCUT2D eigenvalue weighted by atomic mass is 16.5. The first-order valence-electron chi connectivity index (χ1n) is 6.28. The average Bonchev–Trinajstić information content (AvgIpc) is 2.37. The van der Waals surface area contributed by atoms with E-state index in [2.05, 4.69) is 17.6 Å². The van der Waals surface area contributed by atoms with Crippen LogP contribution in [-0.4, -0.2) is 26.2 Å². The van der Waals surface area contributed by atoms with E-state index >= 15 is 0 Å². The maximum atomic E-state index is 11.3. The average molecular weight is 250 g/mol. The maximum Gasteiger partial charge on any atom is 0.224 e. The standard InChI is InChI=1S/C14H22N2O2/c1-4-14(17)16-13-7-5-6-12(8-13)15-9-11(2)10-18-3/h5-8,11,15H,4,9-10H2,1-3H3,(H,16,17). The van der Waals surface area contributed by atoms with Crippen LogP contribution < -0.4 is 10.6 Å². The fourth-order valence-corrected chi connectivity index (χ4v) is 1.59. The van der Waals surface area contributed by atoms with Gasteiger partial charge in [0, 0.05) is 31.5 Å². The Morgan fingerprint density at radius 3 is 2.78 bits per heavy atom. The topological polar surface area (TPSA) is 50.4 Å². The Balaban J connectivity index is 2.51. The lowest BCUT2D eigenvalue weighted by Crippen LogP contribution is -2.16. The van der Waals surface area contributed by atoms with Crippen molar-refractivity contribution in [1.82, 2.24) is 0 Å². The van der Waals surface area contributed by atoms with Crippen LogP contribution >= 0.6 is 0 Å². The number of carbonyl (C=O) groups is 1.